The number of hydrogen-bond donors (Lipinski definition) is 1. The first-order valence-corrected chi connectivity index (χ1v) is 7.26. The molecule has 1 fully saturated rings. The van der Waals surface area contributed by atoms with Crippen molar-refractivity contribution < 1.29 is 9.90 Å². The zero-order chi connectivity index (χ0) is 13.7. The minimum atomic E-state index is -0.124. The number of carbonyl (C=O) groups is 1. The zero-order valence-corrected chi connectivity index (χ0v) is 11.9. The third-order valence-electron chi connectivity index (χ3n) is 3.07. The highest BCUT2D eigenvalue weighted by atomic mass is 32.1. The van der Waals surface area contributed by atoms with Crippen LogP contribution in [0.5, 0.6) is 0 Å². The minimum absolute atomic E-state index is 0.103. The summed E-state index contributed by atoms with van der Waals surface area (Å²) in [7, 11) is 1.83. The van der Waals surface area contributed by atoms with Gasteiger partial charge < -0.3 is 14.9 Å². The predicted molar refractivity (Wildman–Crippen MR) is 76.0 cm³/mol. The molecule has 102 valence electrons. The van der Waals surface area contributed by atoms with Gasteiger partial charge in [0.15, 0.2) is 0 Å². The van der Waals surface area contributed by atoms with E-state index in [0.29, 0.717) is 6.54 Å². The summed E-state index contributed by atoms with van der Waals surface area (Å²) in [5, 5.41) is 10.7. The Hall–Kier alpha value is -1.51. The number of thiophene rings is 1. The van der Waals surface area contributed by atoms with Crippen LogP contribution in [0.25, 0.3) is 0 Å². The van der Waals surface area contributed by atoms with E-state index < -0.39 is 0 Å². The number of urea groups is 1. The van der Waals surface area contributed by atoms with Crippen molar-refractivity contribution in [2.75, 3.05) is 26.7 Å². The molecule has 1 aromatic heterocycles. The molecule has 2 amide bonds. The average Bonchev–Trinajstić information content (AvgIpc) is 3.06. The third-order valence-corrected chi connectivity index (χ3v) is 3.96. The van der Waals surface area contributed by atoms with Gasteiger partial charge in [0.05, 0.1) is 4.88 Å². The molecule has 4 nitrogen and oxygen atoms in total. The summed E-state index contributed by atoms with van der Waals surface area (Å²) in [6.45, 7) is 2.23. The van der Waals surface area contributed by atoms with Crippen LogP contribution in [-0.2, 0) is 6.54 Å². The van der Waals surface area contributed by atoms with Crippen LogP contribution in [0.3, 0.4) is 0 Å². The van der Waals surface area contributed by atoms with Crippen molar-refractivity contribution in [1.29, 1.82) is 0 Å². The van der Waals surface area contributed by atoms with Crippen LogP contribution in [0.15, 0.2) is 11.4 Å². The van der Waals surface area contributed by atoms with E-state index in [1.807, 2.05) is 23.4 Å². The molecule has 19 heavy (non-hydrogen) atoms. The summed E-state index contributed by atoms with van der Waals surface area (Å²) in [5.74, 6) is 5.50. The summed E-state index contributed by atoms with van der Waals surface area (Å²) in [6.07, 6.45) is 2.22. The van der Waals surface area contributed by atoms with Crippen molar-refractivity contribution >= 4 is 17.4 Å². The van der Waals surface area contributed by atoms with Crippen LogP contribution in [0, 0.1) is 11.8 Å². The minimum Gasteiger partial charge on any atom is -0.384 e. The van der Waals surface area contributed by atoms with E-state index in [0.717, 1.165) is 36.4 Å². The standard InChI is InChI=1S/C14H18N2O2S/c1-15(14(18)16-6-2-3-7-16)10-12-9-13(19-11-12)5-4-8-17/h9,11,17H,2-3,6-8,10H2,1H3. The summed E-state index contributed by atoms with van der Waals surface area (Å²) < 4.78 is 0. The maximum absolute atomic E-state index is 12.1. The molecular weight excluding hydrogens is 260 g/mol. The van der Waals surface area contributed by atoms with Crippen molar-refractivity contribution in [2.45, 2.75) is 19.4 Å². The number of aliphatic hydroxyl groups is 1. The number of aliphatic hydroxyl groups excluding tert-OH is 1. The van der Waals surface area contributed by atoms with E-state index >= 15 is 0 Å². The lowest BCUT2D eigenvalue weighted by molar-refractivity contribution is 0.171. The molecule has 0 spiro atoms. The van der Waals surface area contributed by atoms with Crippen molar-refractivity contribution in [3.8, 4) is 11.8 Å². The molecular formula is C14H18N2O2S. The monoisotopic (exact) mass is 278 g/mol. The van der Waals surface area contributed by atoms with E-state index in [-0.39, 0.29) is 12.6 Å². The van der Waals surface area contributed by atoms with E-state index in [1.165, 1.54) is 11.3 Å². The lowest BCUT2D eigenvalue weighted by Gasteiger charge is -2.23. The maximum Gasteiger partial charge on any atom is 0.320 e. The van der Waals surface area contributed by atoms with Gasteiger partial charge in [-0.2, -0.15) is 0 Å². The first kappa shape index (κ1) is 13.9. The van der Waals surface area contributed by atoms with Gasteiger partial charge in [0.1, 0.15) is 6.61 Å². The van der Waals surface area contributed by atoms with Gasteiger partial charge in [-0.15, -0.1) is 11.3 Å². The second-order valence-corrected chi connectivity index (χ2v) is 5.52. The highest BCUT2D eigenvalue weighted by Gasteiger charge is 2.21. The van der Waals surface area contributed by atoms with E-state index in [9.17, 15) is 4.79 Å². The Morgan fingerprint density at radius 3 is 2.95 bits per heavy atom. The molecule has 0 atom stereocenters. The Balaban J connectivity index is 1.92. The topological polar surface area (TPSA) is 43.8 Å². The van der Waals surface area contributed by atoms with Gasteiger partial charge in [0.25, 0.3) is 0 Å². The van der Waals surface area contributed by atoms with E-state index in [4.69, 9.17) is 5.11 Å². The average molecular weight is 278 g/mol. The van der Waals surface area contributed by atoms with Gasteiger partial charge in [0.2, 0.25) is 0 Å². The Labute approximate surface area is 117 Å². The SMILES string of the molecule is CN(Cc1csc(C#CCO)c1)C(=O)N1CCCC1. The zero-order valence-electron chi connectivity index (χ0n) is 11.1. The molecule has 1 aliphatic rings. The number of amides is 2. The highest BCUT2D eigenvalue weighted by Crippen LogP contribution is 2.17. The van der Waals surface area contributed by atoms with Gasteiger partial charge in [-0.1, -0.05) is 11.8 Å². The number of rotatable bonds is 2. The smallest absolute Gasteiger partial charge is 0.320 e. The van der Waals surface area contributed by atoms with Crippen molar-refractivity contribution in [2.24, 2.45) is 0 Å². The molecule has 1 aromatic rings. The highest BCUT2D eigenvalue weighted by molar-refractivity contribution is 7.10. The molecule has 1 N–H and O–H groups in total. The summed E-state index contributed by atoms with van der Waals surface area (Å²) in [5.41, 5.74) is 1.09. The first-order valence-electron chi connectivity index (χ1n) is 6.38. The second kappa shape index (κ2) is 6.60. The fourth-order valence-corrected chi connectivity index (χ4v) is 2.91. The molecule has 5 heteroatoms. The largest absolute Gasteiger partial charge is 0.384 e. The lowest BCUT2D eigenvalue weighted by atomic mass is 10.3. The number of likely N-dealkylation sites (tertiary alicyclic amines) is 1. The van der Waals surface area contributed by atoms with Crippen LogP contribution in [-0.4, -0.2) is 47.7 Å². The Morgan fingerprint density at radius 1 is 1.53 bits per heavy atom. The van der Waals surface area contributed by atoms with Gasteiger partial charge in [-0.05, 0) is 29.9 Å². The van der Waals surface area contributed by atoms with Crippen LogP contribution in [0.2, 0.25) is 0 Å². The van der Waals surface area contributed by atoms with Crippen molar-refractivity contribution in [3.05, 3.63) is 21.9 Å². The summed E-state index contributed by atoms with van der Waals surface area (Å²) >= 11 is 1.54. The molecule has 0 unspecified atom stereocenters. The third kappa shape index (κ3) is 3.72. The summed E-state index contributed by atoms with van der Waals surface area (Å²) in [6, 6.07) is 2.08. The second-order valence-electron chi connectivity index (χ2n) is 4.61. The number of nitrogens with zero attached hydrogens (tertiary/aromatic N) is 2. The molecule has 0 saturated carbocycles. The van der Waals surface area contributed by atoms with Crippen LogP contribution in [0.4, 0.5) is 4.79 Å². The molecule has 1 saturated heterocycles. The lowest BCUT2D eigenvalue weighted by Crippen LogP contribution is -2.38. The molecule has 2 rings (SSSR count). The van der Waals surface area contributed by atoms with Crippen molar-refractivity contribution in [1.82, 2.24) is 9.80 Å². The summed E-state index contributed by atoms with van der Waals surface area (Å²) in [4.78, 5) is 16.7. The van der Waals surface area contributed by atoms with Crippen LogP contribution < -0.4 is 0 Å². The molecule has 2 heterocycles. The van der Waals surface area contributed by atoms with Gasteiger partial charge in [-0.3, -0.25) is 0 Å². The molecule has 0 aliphatic carbocycles. The fourth-order valence-electron chi connectivity index (χ4n) is 2.14. The Bertz CT molecular complexity index is 495. The molecule has 0 radical (unpaired) electrons. The fraction of sp³-hybridized carbons (Fsp3) is 0.500. The Kier molecular flexibility index (Phi) is 4.83. The Morgan fingerprint density at radius 2 is 2.26 bits per heavy atom. The van der Waals surface area contributed by atoms with E-state index in [1.54, 1.807) is 4.90 Å². The molecule has 1 aliphatic heterocycles. The predicted octanol–water partition coefficient (Wildman–Crippen LogP) is 1.74. The molecule has 0 bridgehead atoms. The van der Waals surface area contributed by atoms with Crippen LogP contribution in [0.1, 0.15) is 23.3 Å². The first-order chi connectivity index (χ1) is 9.20. The van der Waals surface area contributed by atoms with Crippen molar-refractivity contribution in [3.63, 3.8) is 0 Å². The van der Waals surface area contributed by atoms with Gasteiger partial charge in [0, 0.05) is 26.7 Å². The van der Waals surface area contributed by atoms with Crippen LogP contribution >= 0.6 is 11.3 Å². The van der Waals surface area contributed by atoms with Gasteiger partial charge in [-0.25, -0.2) is 4.79 Å². The van der Waals surface area contributed by atoms with E-state index in [2.05, 4.69) is 11.8 Å². The quantitative estimate of drug-likeness (QED) is 0.837. The molecule has 0 aromatic carbocycles. The normalized spacial score (nSPS) is 14.1. The number of hydrogen-bond acceptors (Lipinski definition) is 3. The maximum atomic E-state index is 12.1. The number of carbonyl (C=O) groups excluding carboxylic acids is 1. The van der Waals surface area contributed by atoms with Gasteiger partial charge >= 0.3 is 6.03 Å².